The van der Waals surface area contributed by atoms with Crippen molar-refractivity contribution in [3.05, 3.63) is 278 Å². The SMILES string of the molecule is O=P(c1ccccc1)(c1ccccc1)c1ccc(-c2c3ccccc3c(-c3ccc(C4(c5ccc(-c6nc(-c7ccccc7)nc(-c7cccc(-c8ccccc8)c7)n6)cc5)CCCCC4)cc3)c3ccccc23)cc1. The Morgan fingerprint density at radius 1 is 0.289 bits per heavy atom. The minimum absolute atomic E-state index is 0.127. The molecule has 12 aromatic rings. The fourth-order valence-electron chi connectivity index (χ4n) is 11.9. The Morgan fingerprint density at radius 2 is 0.632 bits per heavy atom. The summed E-state index contributed by atoms with van der Waals surface area (Å²) in [4.78, 5) is 15.3. The van der Waals surface area contributed by atoms with E-state index >= 15 is 4.57 Å². The van der Waals surface area contributed by atoms with E-state index < -0.39 is 7.14 Å². The number of aromatic nitrogens is 3. The number of hydrogen-bond donors (Lipinski definition) is 0. The Hall–Kier alpha value is -8.82. The molecule has 0 saturated heterocycles. The predicted molar refractivity (Wildman–Crippen MR) is 317 cm³/mol. The maximum absolute atomic E-state index is 15.3. The summed E-state index contributed by atoms with van der Waals surface area (Å²) in [6.07, 6.45) is 5.77. The quantitative estimate of drug-likeness (QED) is 0.0957. The molecule has 0 amide bonds. The fourth-order valence-corrected chi connectivity index (χ4v) is 14.6. The first-order valence-corrected chi connectivity index (χ1v) is 28.2. The van der Waals surface area contributed by atoms with Gasteiger partial charge in [-0.25, -0.2) is 15.0 Å². The highest BCUT2D eigenvalue weighted by molar-refractivity contribution is 7.85. The van der Waals surface area contributed by atoms with Gasteiger partial charge in [0.15, 0.2) is 24.6 Å². The van der Waals surface area contributed by atoms with Gasteiger partial charge in [-0.05, 0) is 85.0 Å². The topological polar surface area (TPSA) is 55.7 Å². The molecule has 1 saturated carbocycles. The summed E-state index contributed by atoms with van der Waals surface area (Å²) in [7, 11) is -3.13. The second-order valence-corrected chi connectivity index (χ2v) is 22.9. The molecule has 0 aliphatic heterocycles. The Kier molecular flexibility index (Phi) is 12.4. The van der Waals surface area contributed by atoms with Crippen LogP contribution < -0.4 is 15.9 Å². The molecule has 13 rings (SSSR count). The lowest BCUT2D eigenvalue weighted by Crippen LogP contribution is -2.30. The lowest BCUT2D eigenvalue weighted by atomic mass is 9.65. The number of nitrogens with zero attached hydrogens (tertiary/aromatic N) is 3. The van der Waals surface area contributed by atoms with Crippen LogP contribution in [0.2, 0.25) is 0 Å². The molecule has 1 aliphatic rings. The first-order chi connectivity index (χ1) is 37.5. The zero-order valence-corrected chi connectivity index (χ0v) is 43.0. The number of rotatable bonds is 11. The van der Waals surface area contributed by atoms with Gasteiger partial charge >= 0.3 is 0 Å². The maximum Gasteiger partial charge on any atom is 0.171 e. The van der Waals surface area contributed by atoms with E-state index in [1.165, 1.54) is 68.6 Å². The van der Waals surface area contributed by atoms with Crippen LogP contribution >= 0.6 is 7.14 Å². The van der Waals surface area contributed by atoms with Gasteiger partial charge in [-0.2, -0.15) is 0 Å². The van der Waals surface area contributed by atoms with Crippen molar-refractivity contribution in [2.75, 3.05) is 0 Å². The standard InChI is InChI=1S/C71H54N3OP/c75-76(59-27-10-3-11-28-59,60-29-12-4-13-30-60)61-45-39-52(40-46-61)67-64-33-16-14-31-62(64)66(63-32-15-17-34-65(63)67)51-35-41-57(42-36-51)71(47-18-5-19-48-71)58-43-37-54(38-44-58)69-72-68(53-23-8-2-9-24-53)73-70(74-69)56-26-20-25-55(49-56)50-21-6-1-7-22-50/h1-4,6-17,20-46,49H,5,18-19,47-48H2. The zero-order valence-electron chi connectivity index (χ0n) is 42.1. The van der Waals surface area contributed by atoms with Crippen LogP contribution in [-0.2, 0) is 9.98 Å². The number of fused-ring (bicyclic) bond motifs is 2. The van der Waals surface area contributed by atoms with Crippen LogP contribution in [0.25, 0.3) is 89.1 Å². The Bertz CT molecular complexity index is 3960. The second kappa shape index (κ2) is 20.1. The van der Waals surface area contributed by atoms with Crippen LogP contribution in [0.5, 0.6) is 0 Å². The average molecular weight is 996 g/mol. The van der Waals surface area contributed by atoms with Crippen LogP contribution in [0.1, 0.15) is 43.2 Å². The monoisotopic (exact) mass is 995 g/mol. The van der Waals surface area contributed by atoms with Gasteiger partial charge in [-0.15, -0.1) is 0 Å². The summed E-state index contributed by atoms with van der Waals surface area (Å²) in [6.45, 7) is 0. The highest BCUT2D eigenvalue weighted by atomic mass is 31.2. The third-order valence-corrected chi connectivity index (χ3v) is 18.8. The molecule has 0 radical (unpaired) electrons. The summed E-state index contributed by atoms with van der Waals surface area (Å²) < 4.78 is 15.3. The third kappa shape index (κ3) is 8.55. The van der Waals surface area contributed by atoms with Crippen molar-refractivity contribution in [2.24, 2.45) is 0 Å². The van der Waals surface area contributed by atoms with Gasteiger partial charge in [0.2, 0.25) is 0 Å². The fraction of sp³-hybridized carbons (Fsp3) is 0.0845. The molecule has 5 heteroatoms. The maximum atomic E-state index is 15.3. The first kappa shape index (κ1) is 46.9. The van der Waals surface area contributed by atoms with Crippen molar-refractivity contribution in [1.29, 1.82) is 0 Å². The summed E-state index contributed by atoms with van der Waals surface area (Å²) in [5.41, 5.74) is 12.4. The van der Waals surface area contributed by atoms with E-state index in [-0.39, 0.29) is 5.41 Å². The van der Waals surface area contributed by atoms with E-state index in [4.69, 9.17) is 15.0 Å². The molecule has 0 bridgehead atoms. The van der Waals surface area contributed by atoms with Crippen LogP contribution in [0.3, 0.4) is 0 Å². The number of hydrogen-bond acceptors (Lipinski definition) is 4. The van der Waals surface area contributed by atoms with Crippen molar-refractivity contribution in [3.63, 3.8) is 0 Å². The molecule has 364 valence electrons. The minimum atomic E-state index is -3.13. The smallest absolute Gasteiger partial charge is 0.171 e. The molecule has 4 nitrogen and oxygen atoms in total. The van der Waals surface area contributed by atoms with Crippen LogP contribution in [0.4, 0.5) is 0 Å². The van der Waals surface area contributed by atoms with E-state index in [2.05, 4.69) is 182 Å². The summed E-state index contributed by atoms with van der Waals surface area (Å²) in [6, 6.07) is 93.7. The molecule has 11 aromatic carbocycles. The van der Waals surface area contributed by atoms with Crippen LogP contribution in [0.15, 0.2) is 267 Å². The lowest BCUT2D eigenvalue weighted by Gasteiger charge is -2.39. The molecule has 0 spiro atoms. The average Bonchev–Trinajstić information content (AvgIpc) is 3.52. The molecule has 1 aliphatic carbocycles. The largest absolute Gasteiger partial charge is 0.309 e. The Labute approximate surface area is 444 Å². The summed E-state index contributed by atoms with van der Waals surface area (Å²) in [5, 5.41) is 7.27. The van der Waals surface area contributed by atoms with Crippen molar-refractivity contribution < 1.29 is 4.57 Å². The summed E-state index contributed by atoms with van der Waals surface area (Å²) in [5.74, 6) is 1.95. The van der Waals surface area contributed by atoms with E-state index in [0.717, 1.165) is 62.1 Å². The van der Waals surface area contributed by atoms with Gasteiger partial charge in [0.1, 0.15) is 0 Å². The zero-order chi connectivity index (χ0) is 50.9. The predicted octanol–water partition coefficient (Wildman–Crippen LogP) is 17.1. The van der Waals surface area contributed by atoms with E-state index in [1.807, 2.05) is 84.9 Å². The highest BCUT2D eigenvalue weighted by Gasteiger charge is 2.36. The van der Waals surface area contributed by atoms with Gasteiger partial charge in [0.05, 0.1) is 0 Å². The van der Waals surface area contributed by atoms with Gasteiger partial charge < -0.3 is 4.57 Å². The van der Waals surface area contributed by atoms with Gasteiger partial charge in [-0.3, -0.25) is 0 Å². The van der Waals surface area contributed by atoms with Crippen molar-refractivity contribution in [3.8, 4) is 67.5 Å². The van der Waals surface area contributed by atoms with Gasteiger partial charge in [0.25, 0.3) is 0 Å². The molecule has 0 unspecified atom stereocenters. The first-order valence-electron chi connectivity index (χ1n) is 26.5. The molecule has 0 N–H and O–H groups in total. The lowest BCUT2D eigenvalue weighted by molar-refractivity contribution is 0.346. The Morgan fingerprint density at radius 3 is 1.11 bits per heavy atom. The van der Waals surface area contributed by atoms with Crippen LogP contribution in [-0.4, -0.2) is 15.0 Å². The van der Waals surface area contributed by atoms with Crippen molar-refractivity contribution >= 4 is 44.6 Å². The molecule has 0 atom stereocenters. The van der Waals surface area contributed by atoms with E-state index in [0.29, 0.717) is 17.5 Å². The van der Waals surface area contributed by atoms with E-state index in [9.17, 15) is 0 Å². The van der Waals surface area contributed by atoms with Gasteiger partial charge in [0, 0.05) is 38.0 Å². The molecule has 76 heavy (non-hydrogen) atoms. The third-order valence-electron chi connectivity index (χ3n) is 15.7. The molecule has 1 fully saturated rings. The molecular formula is C71H54N3OP. The van der Waals surface area contributed by atoms with E-state index in [1.54, 1.807) is 0 Å². The van der Waals surface area contributed by atoms with Crippen LogP contribution in [0, 0.1) is 0 Å². The molecular weight excluding hydrogens is 942 g/mol. The Balaban J connectivity index is 0.857. The van der Waals surface area contributed by atoms with Gasteiger partial charge in [-0.1, -0.05) is 280 Å². The second-order valence-electron chi connectivity index (χ2n) is 20.1. The van der Waals surface area contributed by atoms with Crippen molar-refractivity contribution in [2.45, 2.75) is 37.5 Å². The minimum Gasteiger partial charge on any atom is -0.309 e. The normalized spacial score (nSPS) is 13.4. The number of benzene rings is 11. The summed E-state index contributed by atoms with van der Waals surface area (Å²) >= 11 is 0. The molecule has 1 aromatic heterocycles. The highest BCUT2D eigenvalue weighted by Crippen LogP contribution is 2.49. The van der Waals surface area contributed by atoms with Crippen molar-refractivity contribution in [1.82, 2.24) is 15.0 Å². The molecule has 1 heterocycles.